The van der Waals surface area contributed by atoms with E-state index in [4.69, 9.17) is 4.74 Å². The van der Waals surface area contributed by atoms with Crippen molar-refractivity contribution in [2.75, 3.05) is 5.32 Å². The van der Waals surface area contributed by atoms with Crippen LogP contribution in [0.3, 0.4) is 0 Å². The van der Waals surface area contributed by atoms with E-state index in [1.54, 1.807) is 0 Å². The highest BCUT2D eigenvalue weighted by atomic mass is 19.3. The topological polar surface area (TPSA) is 76.7 Å². The Morgan fingerprint density at radius 3 is 2.00 bits per heavy atom. The van der Waals surface area contributed by atoms with Crippen molar-refractivity contribution in [1.82, 2.24) is 5.32 Å². The largest absolute Gasteiger partial charge is 0.445 e. The molecule has 2 amide bonds. The molecule has 0 aliphatic rings. The van der Waals surface area contributed by atoms with Gasteiger partial charge in [0.15, 0.2) is 0 Å². The van der Waals surface area contributed by atoms with Crippen LogP contribution in [-0.4, -0.2) is 24.7 Å². The summed E-state index contributed by atoms with van der Waals surface area (Å²) >= 11 is 0. The van der Waals surface area contributed by atoms with Crippen LogP contribution in [0.5, 0.6) is 5.75 Å². The molecule has 3 rings (SSSR count). The van der Waals surface area contributed by atoms with Crippen LogP contribution in [0, 0.1) is 0 Å². The van der Waals surface area contributed by atoms with Crippen LogP contribution in [0.1, 0.15) is 11.1 Å². The van der Waals surface area contributed by atoms with Crippen molar-refractivity contribution in [3.63, 3.8) is 0 Å². The first-order valence-corrected chi connectivity index (χ1v) is 9.86. The summed E-state index contributed by atoms with van der Waals surface area (Å²) in [5, 5.41) is 5.27. The summed E-state index contributed by atoms with van der Waals surface area (Å²) in [5.41, 5.74) is 2.03. The van der Waals surface area contributed by atoms with Crippen LogP contribution in [0.15, 0.2) is 84.9 Å². The average Bonchev–Trinajstić information content (AvgIpc) is 2.79. The van der Waals surface area contributed by atoms with Crippen LogP contribution >= 0.6 is 0 Å². The predicted octanol–water partition coefficient (Wildman–Crippen LogP) is 4.76. The number of carbonyl (C=O) groups excluding carboxylic acids is 2. The van der Waals surface area contributed by atoms with Crippen molar-refractivity contribution >= 4 is 17.7 Å². The maximum atomic E-state index is 12.9. The molecule has 6 nitrogen and oxygen atoms in total. The second-order valence-corrected chi connectivity index (χ2v) is 6.84. The maximum Gasteiger partial charge on any atom is 0.408 e. The Balaban J connectivity index is 1.64. The quantitative estimate of drug-likeness (QED) is 0.503. The van der Waals surface area contributed by atoms with Crippen molar-refractivity contribution < 1.29 is 27.8 Å². The van der Waals surface area contributed by atoms with Gasteiger partial charge in [-0.1, -0.05) is 60.7 Å². The first kappa shape index (κ1) is 22.7. The fourth-order valence-corrected chi connectivity index (χ4v) is 2.92. The Kier molecular flexibility index (Phi) is 8.14. The molecule has 32 heavy (non-hydrogen) atoms. The zero-order valence-electron chi connectivity index (χ0n) is 17.0. The lowest BCUT2D eigenvalue weighted by atomic mass is 10.1. The van der Waals surface area contributed by atoms with Gasteiger partial charge in [-0.05, 0) is 35.4 Å². The number of nitrogens with one attached hydrogen (secondary N) is 2. The number of rotatable bonds is 9. The molecule has 8 heteroatoms. The van der Waals surface area contributed by atoms with Crippen LogP contribution in [0.2, 0.25) is 0 Å². The van der Waals surface area contributed by atoms with Gasteiger partial charge in [-0.15, -0.1) is 0 Å². The fourth-order valence-electron chi connectivity index (χ4n) is 2.92. The summed E-state index contributed by atoms with van der Waals surface area (Å²) < 4.78 is 34.1. The van der Waals surface area contributed by atoms with Crippen molar-refractivity contribution in [1.29, 1.82) is 0 Å². The number of halogens is 2. The highest BCUT2D eigenvalue weighted by molar-refractivity contribution is 5.96. The summed E-state index contributed by atoms with van der Waals surface area (Å²) in [6.07, 6.45) is -0.495. The number of anilines is 1. The number of amides is 2. The molecule has 0 spiro atoms. The molecule has 0 saturated heterocycles. The molecular weight excluding hydrogens is 418 g/mol. The molecule has 3 aromatic rings. The first-order valence-electron chi connectivity index (χ1n) is 9.86. The molecule has 0 bridgehead atoms. The van der Waals surface area contributed by atoms with Gasteiger partial charge in [0.25, 0.3) is 0 Å². The van der Waals surface area contributed by atoms with Gasteiger partial charge >= 0.3 is 12.7 Å². The van der Waals surface area contributed by atoms with Crippen LogP contribution < -0.4 is 15.4 Å². The van der Waals surface area contributed by atoms with Gasteiger partial charge in [0.1, 0.15) is 18.4 Å². The zero-order valence-corrected chi connectivity index (χ0v) is 17.0. The third kappa shape index (κ3) is 7.39. The predicted molar refractivity (Wildman–Crippen MR) is 115 cm³/mol. The Morgan fingerprint density at radius 1 is 0.812 bits per heavy atom. The molecule has 166 valence electrons. The number of alkyl carbamates (subject to hydrolysis) is 1. The number of hydrogen-bond donors (Lipinski definition) is 2. The van der Waals surface area contributed by atoms with Crippen molar-refractivity contribution in [3.05, 3.63) is 96.1 Å². The summed E-state index contributed by atoms with van der Waals surface area (Å²) in [5.74, 6) is -0.505. The average molecular weight is 440 g/mol. The van der Waals surface area contributed by atoms with E-state index >= 15 is 0 Å². The maximum absolute atomic E-state index is 12.9. The molecular formula is C24H22F2N2O4. The van der Waals surface area contributed by atoms with Crippen molar-refractivity contribution in [2.45, 2.75) is 25.7 Å². The van der Waals surface area contributed by atoms with Gasteiger partial charge in [0, 0.05) is 12.1 Å². The molecule has 1 unspecified atom stereocenters. The molecule has 2 N–H and O–H groups in total. The van der Waals surface area contributed by atoms with E-state index in [1.807, 2.05) is 60.7 Å². The molecule has 1 atom stereocenters. The molecule has 0 fully saturated rings. The monoisotopic (exact) mass is 440 g/mol. The van der Waals surface area contributed by atoms with E-state index in [0.29, 0.717) is 5.69 Å². The smallest absolute Gasteiger partial charge is 0.408 e. The van der Waals surface area contributed by atoms with E-state index in [9.17, 15) is 18.4 Å². The van der Waals surface area contributed by atoms with Gasteiger partial charge in [0.2, 0.25) is 5.91 Å². The first-order chi connectivity index (χ1) is 15.5. The van der Waals surface area contributed by atoms with E-state index in [0.717, 1.165) is 11.1 Å². The lowest BCUT2D eigenvalue weighted by molar-refractivity contribution is -0.118. The fraction of sp³-hybridized carbons (Fsp3) is 0.167. The highest BCUT2D eigenvalue weighted by Crippen LogP contribution is 2.18. The summed E-state index contributed by atoms with van der Waals surface area (Å²) in [6, 6.07) is 22.9. The van der Waals surface area contributed by atoms with E-state index in [-0.39, 0.29) is 18.8 Å². The van der Waals surface area contributed by atoms with E-state index < -0.39 is 24.7 Å². The Morgan fingerprint density at radius 2 is 1.41 bits per heavy atom. The van der Waals surface area contributed by atoms with Crippen LogP contribution in [0.4, 0.5) is 19.3 Å². The van der Waals surface area contributed by atoms with Crippen molar-refractivity contribution in [3.8, 4) is 5.75 Å². The standard InChI is InChI=1S/C24H22F2N2O4/c25-23(26)32-20-13-11-19(12-14-20)27-22(29)21(15-17-7-3-1-4-8-17)28-24(30)31-16-18-9-5-2-6-10-18/h1-14,21,23H,15-16H2,(H,27,29)(H,28,30). The minimum atomic E-state index is -2.93. The Bertz CT molecular complexity index is 1000. The lowest BCUT2D eigenvalue weighted by Gasteiger charge is -2.19. The zero-order chi connectivity index (χ0) is 22.8. The minimum Gasteiger partial charge on any atom is -0.445 e. The molecule has 3 aromatic carbocycles. The third-order valence-corrected chi connectivity index (χ3v) is 4.45. The molecule has 0 aliphatic carbocycles. The minimum absolute atomic E-state index is 0.0264. The van der Waals surface area contributed by atoms with Crippen molar-refractivity contribution in [2.24, 2.45) is 0 Å². The van der Waals surface area contributed by atoms with Crippen LogP contribution in [0.25, 0.3) is 0 Å². The van der Waals surface area contributed by atoms with Crippen LogP contribution in [-0.2, 0) is 22.6 Å². The second kappa shape index (κ2) is 11.5. The van der Waals surface area contributed by atoms with E-state index in [2.05, 4.69) is 15.4 Å². The Labute approximate surface area is 184 Å². The number of hydrogen-bond acceptors (Lipinski definition) is 4. The normalized spacial score (nSPS) is 11.5. The molecule has 0 saturated carbocycles. The lowest BCUT2D eigenvalue weighted by Crippen LogP contribution is -2.45. The second-order valence-electron chi connectivity index (χ2n) is 6.84. The van der Waals surface area contributed by atoms with Gasteiger partial charge in [-0.3, -0.25) is 4.79 Å². The summed E-state index contributed by atoms with van der Waals surface area (Å²) in [4.78, 5) is 25.2. The highest BCUT2D eigenvalue weighted by Gasteiger charge is 2.22. The number of benzene rings is 3. The van der Waals surface area contributed by atoms with Gasteiger partial charge in [0.05, 0.1) is 0 Å². The summed E-state index contributed by atoms with van der Waals surface area (Å²) in [6.45, 7) is -2.87. The molecule has 0 aromatic heterocycles. The van der Waals surface area contributed by atoms with Gasteiger partial charge < -0.3 is 20.1 Å². The van der Waals surface area contributed by atoms with Gasteiger partial charge in [-0.2, -0.15) is 8.78 Å². The van der Waals surface area contributed by atoms with E-state index in [1.165, 1.54) is 24.3 Å². The molecule has 0 heterocycles. The van der Waals surface area contributed by atoms with Gasteiger partial charge in [-0.25, -0.2) is 4.79 Å². The summed E-state index contributed by atoms with van der Waals surface area (Å²) in [7, 11) is 0. The Hall–Kier alpha value is -3.94. The molecule has 0 radical (unpaired) electrons. The molecule has 0 aliphatic heterocycles. The number of alkyl halides is 2. The number of ether oxygens (including phenoxy) is 2. The third-order valence-electron chi connectivity index (χ3n) is 4.45. The number of carbonyl (C=O) groups is 2. The SMILES string of the molecule is O=C(NC(Cc1ccccc1)C(=O)Nc1ccc(OC(F)F)cc1)OCc1ccccc1.